The topological polar surface area (TPSA) is 20.2 Å². The molecule has 56 valence electrons. The normalized spacial score (nSPS) is 16.7. The second-order valence-corrected chi connectivity index (χ2v) is 3.81. The molecule has 0 aliphatic heterocycles. The molecule has 3 heteroatoms. The molecule has 1 N–H and O–H groups in total. The van der Waals surface area contributed by atoms with E-state index < -0.39 is 6.10 Å². The van der Waals surface area contributed by atoms with Crippen molar-refractivity contribution in [1.82, 2.24) is 0 Å². The molecule has 1 rings (SSSR count). The molecule has 2 atom stereocenters. The Hall–Kier alpha value is -0.0500. The van der Waals surface area contributed by atoms with Gasteiger partial charge >= 0.3 is 0 Å². The van der Waals surface area contributed by atoms with Crippen molar-refractivity contribution in [3.8, 4) is 0 Å². The lowest BCUT2D eigenvalue weighted by molar-refractivity contribution is 0.181. The molecule has 0 bridgehead atoms. The van der Waals surface area contributed by atoms with Crippen molar-refractivity contribution < 1.29 is 5.11 Å². The summed E-state index contributed by atoms with van der Waals surface area (Å²) < 4.78 is 0. The van der Waals surface area contributed by atoms with E-state index in [1.807, 2.05) is 17.5 Å². The zero-order chi connectivity index (χ0) is 7.56. The lowest BCUT2D eigenvalue weighted by Gasteiger charge is -2.09. The SMILES string of the molecule is CC(Cl)C(O)c1cccs1. The molecule has 0 fully saturated rings. The number of aliphatic hydroxyl groups is 1. The monoisotopic (exact) mass is 176 g/mol. The zero-order valence-electron chi connectivity index (χ0n) is 5.62. The van der Waals surface area contributed by atoms with Gasteiger partial charge in [0.05, 0.1) is 5.38 Å². The van der Waals surface area contributed by atoms with Crippen LogP contribution in [0.4, 0.5) is 0 Å². The van der Waals surface area contributed by atoms with Crippen LogP contribution in [-0.2, 0) is 0 Å². The van der Waals surface area contributed by atoms with Crippen molar-refractivity contribution in [1.29, 1.82) is 0 Å². The van der Waals surface area contributed by atoms with Crippen LogP contribution >= 0.6 is 22.9 Å². The van der Waals surface area contributed by atoms with E-state index >= 15 is 0 Å². The second-order valence-electron chi connectivity index (χ2n) is 2.14. The summed E-state index contributed by atoms with van der Waals surface area (Å²) in [4.78, 5) is 0.933. The summed E-state index contributed by atoms with van der Waals surface area (Å²) in [7, 11) is 0. The summed E-state index contributed by atoms with van der Waals surface area (Å²) >= 11 is 7.20. The van der Waals surface area contributed by atoms with Crippen molar-refractivity contribution in [3.63, 3.8) is 0 Å². The van der Waals surface area contributed by atoms with Crippen LogP contribution in [0.15, 0.2) is 17.5 Å². The first-order valence-corrected chi connectivity index (χ1v) is 4.39. The van der Waals surface area contributed by atoms with Crippen molar-refractivity contribution >= 4 is 22.9 Å². The Morgan fingerprint density at radius 2 is 2.40 bits per heavy atom. The van der Waals surface area contributed by atoms with Gasteiger partial charge < -0.3 is 5.11 Å². The van der Waals surface area contributed by atoms with E-state index in [-0.39, 0.29) is 5.38 Å². The molecule has 0 radical (unpaired) electrons. The Balaban J connectivity index is 2.68. The van der Waals surface area contributed by atoms with Gasteiger partial charge in [0, 0.05) is 4.88 Å². The van der Waals surface area contributed by atoms with E-state index in [1.54, 1.807) is 6.92 Å². The fraction of sp³-hybridized carbons (Fsp3) is 0.429. The van der Waals surface area contributed by atoms with E-state index in [9.17, 15) is 5.11 Å². The molecule has 1 aromatic rings. The first kappa shape index (κ1) is 8.05. The maximum Gasteiger partial charge on any atom is 0.104 e. The van der Waals surface area contributed by atoms with Gasteiger partial charge in [-0.1, -0.05) is 6.07 Å². The molecule has 1 aromatic heterocycles. The molecule has 0 aromatic carbocycles. The number of rotatable bonds is 2. The molecule has 0 saturated heterocycles. The number of thiophene rings is 1. The Morgan fingerprint density at radius 1 is 1.70 bits per heavy atom. The third-order valence-electron chi connectivity index (χ3n) is 1.27. The van der Waals surface area contributed by atoms with Gasteiger partial charge in [0.25, 0.3) is 0 Å². The minimum absolute atomic E-state index is 0.210. The molecule has 10 heavy (non-hydrogen) atoms. The molecular formula is C7H9ClOS. The summed E-state index contributed by atoms with van der Waals surface area (Å²) in [5.74, 6) is 0. The highest BCUT2D eigenvalue weighted by molar-refractivity contribution is 7.10. The Kier molecular flexibility index (Phi) is 2.72. The summed E-state index contributed by atoms with van der Waals surface area (Å²) in [5.41, 5.74) is 0. The minimum Gasteiger partial charge on any atom is -0.386 e. The van der Waals surface area contributed by atoms with Gasteiger partial charge in [0.1, 0.15) is 6.10 Å². The Bertz CT molecular complexity index is 183. The third-order valence-corrected chi connectivity index (χ3v) is 2.45. The standard InChI is InChI=1S/C7H9ClOS/c1-5(8)7(9)6-3-2-4-10-6/h2-5,7,9H,1H3. The molecule has 0 amide bonds. The van der Waals surface area contributed by atoms with Crippen LogP contribution < -0.4 is 0 Å². The van der Waals surface area contributed by atoms with Crippen LogP contribution in [0.1, 0.15) is 17.9 Å². The van der Waals surface area contributed by atoms with Gasteiger partial charge in [-0.25, -0.2) is 0 Å². The summed E-state index contributed by atoms with van der Waals surface area (Å²) in [6.07, 6.45) is -0.512. The number of hydrogen-bond acceptors (Lipinski definition) is 2. The fourth-order valence-corrected chi connectivity index (χ4v) is 1.71. The maximum atomic E-state index is 9.37. The number of aliphatic hydroxyl groups excluding tert-OH is 1. The molecule has 2 unspecified atom stereocenters. The highest BCUT2D eigenvalue weighted by Gasteiger charge is 2.13. The van der Waals surface area contributed by atoms with Gasteiger partial charge in [-0.15, -0.1) is 22.9 Å². The van der Waals surface area contributed by atoms with Crippen LogP contribution in [0.3, 0.4) is 0 Å². The van der Waals surface area contributed by atoms with E-state index in [4.69, 9.17) is 11.6 Å². The largest absolute Gasteiger partial charge is 0.386 e. The summed E-state index contributed by atoms with van der Waals surface area (Å²) in [6.45, 7) is 1.78. The van der Waals surface area contributed by atoms with Gasteiger partial charge in [-0.3, -0.25) is 0 Å². The fourth-order valence-electron chi connectivity index (χ4n) is 0.686. The minimum atomic E-state index is -0.512. The predicted molar refractivity (Wildman–Crippen MR) is 44.6 cm³/mol. The van der Waals surface area contributed by atoms with Gasteiger partial charge in [0.2, 0.25) is 0 Å². The highest BCUT2D eigenvalue weighted by atomic mass is 35.5. The Labute approximate surface area is 69.3 Å². The van der Waals surface area contributed by atoms with Crippen LogP contribution in [0.5, 0.6) is 0 Å². The second kappa shape index (κ2) is 3.37. The van der Waals surface area contributed by atoms with Crippen LogP contribution in [-0.4, -0.2) is 10.5 Å². The summed E-state index contributed by atoms with van der Waals surface area (Å²) in [6, 6.07) is 3.79. The van der Waals surface area contributed by atoms with E-state index in [0.717, 1.165) is 4.88 Å². The lowest BCUT2D eigenvalue weighted by atomic mass is 10.2. The van der Waals surface area contributed by atoms with Gasteiger partial charge in [-0.2, -0.15) is 0 Å². The molecule has 0 aliphatic rings. The van der Waals surface area contributed by atoms with Crippen molar-refractivity contribution in [2.24, 2.45) is 0 Å². The van der Waals surface area contributed by atoms with Crippen LogP contribution in [0.25, 0.3) is 0 Å². The molecule has 1 heterocycles. The van der Waals surface area contributed by atoms with Crippen molar-refractivity contribution in [3.05, 3.63) is 22.4 Å². The number of halogens is 1. The van der Waals surface area contributed by atoms with Crippen molar-refractivity contribution in [2.45, 2.75) is 18.4 Å². The smallest absolute Gasteiger partial charge is 0.104 e. The quantitative estimate of drug-likeness (QED) is 0.687. The Morgan fingerprint density at radius 3 is 2.80 bits per heavy atom. The number of alkyl halides is 1. The maximum absolute atomic E-state index is 9.37. The average molecular weight is 177 g/mol. The summed E-state index contributed by atoms with van der Waals surface area (Å²) in [5, 5.41) is 11.1. The predicted octanol–water partition coefficient (Wildman–Crippen LogP) is 2.41. The van der Waals surface area contributed by atoms with E-state index in [0.29, 0.717) is 0 Å². The van der Waals surface area contributed by atoms with Crippen molar-refractivity contribution in [2.75, 3.05) is 0 Å². The average Bonchev–Trinajstić information content (AvgIpc) is 2.36. The first-order valence-electron chi connectivity index (χ1n) is 3.07. The zero-order valence-corrected chi connectivity index (χ0v) is 7.19. The van der Waals surface area contributed by atoms with Crippen LogP contribution in [0.2, 0.25) is 0 Å². The first-order chi connectivity index (χ1) is 4.72. The molecular weight excluding hydrogens is 168 g/mol. The molecule has 1 nitrogen and oxygen atoms in total. The van der Waals surface area contributed by atoms with Gasteiger partial charge in [0.15, 0.2) is 0 Å². The molecule has 0 aliphatic carbocycles. The van der Waals surface area contributed by atoms with E-state index in [2.05, 4.69) is 0 Å². The third kappa shape index (κ3) is 1.72. The van der Waals surface area contributed by atoms with Crippen LogP contribution in [0, 0.1) is 0 Å². The van der Waals surface area contributed by atoms with E-state index in [1.165, 1.54) is 11.3 Å². The molecule has 0 saturated carbocycles. The molecule has 0 spiro atoms. The van der Waals surface area contributed by atoms with Gasteiger partial charge in [-0.05, 0) is 18.4 Å². The lowest BCUT2D eigenvalue weighted by Crippen LogP contribution is -2.05. The number of hydrogen-bond donors (Lipinski definition) is 1. The highest BCUT2D eigenvalue weighted by Crippen LogP contribution is 2.24.